The van der Waals surface area contributed by atoms with Gasteiger partial charge in [-0.05, 0) is 37.1 Å². The van der Waals surface area contributed by atoms with Crippen LogP contribution in [-0.2, 0) is 19.2 Å². The van der Waals surface area contributed by atoms with E-state index in [1.54, 1.807) is 13.8 Å². The molecule has 0 aliphatic heterocycles. The Kier molecular flexibility index (Phi) is 7.04. The van der Waals surface area contributed by atoms with Gasteiger partial charge in [0.25, 0.3) is 11.8 Å². The van der Waals surface area contributed by atoms with E-state index in [-0.39, 0.29) is 49.3 Å². The van der Waals surface area contributed by atoms with Crippen molar-refractivity contribution in [1.29, 1.82) is 0 Å². The molecular weight excluding hydrogens is 308 g/mol. The molecule has 0 unspecified atom stereocenters. The van der Waals surface area contributed by atoms with E-state index in [4.69, 9.17) is 0 Å². The second-order valence-corrected chi connectivity index (χ2v) is 5.35. The molecule has 0 aromatic carbocycles. The molecule has 6 nitrogen and oxygen atoms in total. The Bertz CT molecular complexity index is 613. The highest BCUT2D eigenvalue weighted by molar-refractivity contribution is 6.14. The lowest BCUT2D eigenvalue weighted by atomic mass is 9.81. The fraction of sp³-hybridized carbons (Fsp3) is 0.333. The highest BCUT2D eigenvalue weighted by Gasteiger charge is 2.32. The van der Waals surface area contributed by atoms with Gasteiger partial charge in [0.15, 0.2) is 11.6 Å². The number of carbonyl (C=O) groups is 4. The minimum absolute atomic E-state index is 0.161. The van der Waals surface area contributed by atoms with Crippen molar-refractivity contribution in [3.8, 4) is 0 Å². The summed E-state index contributed by atoms with van der Waals surface area (Å²) in [6, 6.07) is 0. The Labute approximate surface area is 141 Å². The zero-order valence-electron chi connectivity index (χ0n) is 14.0. The number of amides is 2. The summed E-state index contributed by atoms with van der Waals surface area (Å²) in [5.74, 6) is -1.10. The van der Waals surface area contributed by atoms with Crippen LogP contribution < -0.4 is 10.6 Å². The van der Waals surface area contributed by atoms with Crippen molar-refractivity contribution in [2.75, 3.05) is 13.1 Å². The summed E-state index contributed by atoms with van der Waals surface area (Å²) in [6.45, 7) is 10.6. The molecule has 1 rings (SSSR count). The lowest BCUT2D eigenvalue weighted by Crippen LogP contribution is -2.37. The van der Waals surface area contributed by atoms with Gasteiger partial charge in [-0.1, -0.05) is 13.2 Å². The average molecular weight is 330 g/mol. The zero-order chi connectivity index (χ0) is 18.3. The molecule has 6 heteroatoms. The second-order valence-electron chi connectivity index (χ2n) is 5.35. The minimum atomic E-state index is -0.387. The van der Waals surface area contributed by atoms with Gasteiger partial charge in [0.2, 0.25) is 0 Å². The average Bonchev–Trinajstić information content (AvgIpc) is 2.57. The molecule has 0 spiro atoms. The van der Waals surface area contributed by atoms with Crippen LogP contribution in [0.3, 0.4) is 0 Å². The molecule has 0 atom stereocenters. The molecule has 0 bridgehead atoms. The number of carbonyl (C=O) groups excluding carboxylic acids is 4. The first-order chi connectivity index (χ1) is 11.3. The van der Waals surface area contributed by atoms with Gasteiger partial charge in [-0.25, -0.2) is 0 Å². The zero-order valence-corrected chi connectivity index (χ0v) is 14.0. The van der Waals surface area contributed by atoms with Gasteiger partial charge in [0, 0.05) is 25.9 Å². The van der Waals surface area contributed by atoms with Crippen LogP contribution in [0.15, 0.2) is 47.6 Å². The summed E-state index contributed by atoms with van der Waals surface area (Å²) < 4.78 is 0. The minimum Gasteiger partial charge on any atom is -0.352 e. The molecule has 0 heterocycles. The van der Waals surface area contributed by atoms with Gasteiger partial charge in [-0.15, -0.1) is 0 Å². The Morgan fingerprint density at radius 3 is 1.42 bits per heavy atom. The van der Waals surface area contributed by atoms with Crippen LogP contribution in [0.1, 0.15) is 26.7 Å². The second kappa shape index (κ2) is 8.76. The molecule has 0 aromatic rings. The third kappa shape index (κ3) is 4.62. The Morgan fingerprint density at radius 1 is 0.792 bits per heavy atom. The lowest BCUT2D eigenvalue weighted by Gasteiger charge is -2.26. The molecule has 128 valence electrons. The predicted molar refractivity (Wildman–Crippen MR) is 91.1 cm³/mol. The molecule has 2 amide bonds. The Hall–Kier alpha value is -2.76. The van der Waals surface area contributed by atoms with E-state index in [2.05, 4.69) is 23.8 Å². The lowest BCUT2D eigenvalue weighted by molar-refractivity contribution is -0.120. The molecule has 1 aliphatic carbocycles. The SMILES string of the molecule is C=CC(=O)CCNC(=O)C1=C(C(=O)NCCC(=O)C=C)C(C)=C1C. The molecule has 0 radical (unpaired) electrons. The van der Waals surface area contributed by atoms with Crippen LogP contribution in [0.4, 0.5) is 0 Å². The number of rotatable bonds is 10. The van der Waals surface area contributed by atoms with Crippen LogP contribution in [0.5, 0.6) is 0 Å². The summed E-state index contributed by atoms with van der Waals surface area (Å²) in [5, 5.41) is 5.24. The molecular formula is C18H22N2O4. The van der Waals surface area contributed by atoms with Crippen molar-refractivity contribution in [3.05, 3.63) is 47.6 Å². The van der Waals surface area contributed by atoms with Crippen molar-refractivity contribution in [2.24, 2.45) is 0 Å². The van der Waals surface area contributed by atoms with Gasteiger partial charge in [0.1, 0.15) is 0 Å². The summed E-state index contributed by atoms with van der Waals surface area (Å²) in [4.78, 5) is 46.7. The summed E-state index contributed by atoms with van der Waals surface area (Å²) in [7, 11) is 0. The molecule has 0 saturated carbocycles. The van der Waals surface area contributed by atoms with Crippen molar-refractivity contribution >= 4 is 23.4 Å². The van der Waals surface area contributed by atoms with Crippen molar-refractivity contribution in [1.82, 2.24) is 10.6 Å². The molecule has 1 aliphatic rings. The van der Waals surface area contributed by atoms with Crippen LogP contribution in [0.25, 0.3) is 0 Å². The van der Waals surface area contributed by atoms with Crippen molar-refractivity contribution < 1.29 is 19.2 Å². The van der Waals surface area contributed by atoms with E-state index in [1.807, 2.05) is 0 Å². The first-order valence-electron chi connectivity index (χ1n) is 7.62. The molecule has 0 fully saturated rings. The summed E-state index contributed by atoms with van der Waals surface area (Å²) in [5.41, 5.74) is 2.14. The molecule has 0 aromatic heterocycles. The van der Waals surface area contributed by atoms with E-state index < -0.39 is 0 Å². The fourth-order valence-corrected chi connectivity index (χ4v) is 2.23. The maximum absolute atomic E-state index is 12.2. The molecule has 24 heavy (non-hydrogen) atoms. The Balaban J connectivity index is 2.67. The van der Waals surface area contributed by atoms with E-state index in [9.17, 15) is 19.2 Å². The smallest absolute Gasteiger partial charge is 0.252 e. The molecule has 2 N–H and O–H groups in total. The maximum atomic E-state index is 12.2. The number of ketones is 2. The predicted octanol–water partition coefficient (Wildman–Crippen LogP) is 1.16. The standard InChI is InChI=1S/C18H22N2O4/c1-5-13(21)7-9-19-17(23)15-11(3)12(4)16(15)18(24)20-10-8-14(22)6-2/h5-6H,1-2,7-10H2,3-4H3,(H,19,23)(H,20,24). The van der Waals surface area contributed by atoms with Gasteiger partial charge in [-0.3, -0.25) is 19.2 Å². The fourth-order valence-electron chi connectivity index (χ4n) is 2.23. The van der Waals surface area contributed by atoms with E-state index in [0.717, 1.165) is 11.1 Å². The topological polar surface area (TPSA) is 92.3 Å². The van der Waals surface area contributed by atoms with E-state index in [1.165, 1.54) is 12.2 Å². The highest BCUT2D eigenvalue weighted by atomic mass is 16.2. The first kappa shape index (κ1) is 19.3. The van der Waals surface area contributed by atoms with E-state index >= 15 is 0 Å². The number of hydrogen-bond acceptors (Lipinski definition) is 4. The van der Waals surface area contributed by atoms with Crippen molar-refractivity contribution in [2.45, 2.75) is 26.7 Å². The summed E-state index contributed by atoms with van der Waals surface area (Å²) >= 11 is 0. The van der Waals surface area contributed by atoms with E-state index in [0.29, 0.717) is 11.1 Å². The first-order valence-corrected chi connectivity index (χ1v) is 7.62. The van der Waals surface area contributed by atoms with Gasteiger partial charge in [-0.2, -0.15) is 0 Å². The third-order valence-electron chi connectivity index (χ3n) is 3.79. The summed E-state index contributed by atoms with van der Waals surface area (Å²) in [6.07, 6.45) is 2.73. The molecule has 0 saturated heterocycles. The number of nitrogens with one attached hydrogen (secondary N) is 2. The monoisotopic (exact) mass is 330 g/mol. The quantitative estimate of drug-likeness (QED) is 0.588. The van der Waals surface area contributed by atoms with Crippen LogP contribution in [0.2, 0.25) is 0 Å². The normalized spacial score (nSPS) is 13.1. The van der Waals surface area contributed by atoms with Gasteiger partial charge >= 0.3 is 0 Å². The van der Waals surface area contributed by atoms with Crippen LogP contribution >= 0.6 is 0 Å². The van der Waals surface area contributed by atoms with Gasteiger partial charge < -0.3 is 10.6 Å². The third-order valence-corrected chi connectivity index (χ3v) is 3.79. The van der Waals surface area contributed by atoms with Crippen LogP contribution in [0, 0.1) is 0 Å². The van der Waals surface area contributed by atoms with Gasteiger partial charge in [0.05, 0.1) is 11.1 Å². The maximum Gasteiger partial charge on any atom is 0.252 e. The number of allylic oxidation sites excluding steroid dienone is 2. The number of hydrogen-bond donors (Lipinski definition) is 2. The Morgan fingerprint density at radius 2 is 1.12 bits per heavy atom. The highest BCUT2D eigenvalue weighted by Crippen LogP contribution is 2.34. The van der Waals surface area contributed by atoms with Crippen LogP contribution in [-0.4, -0.2) is 36.5 Å². The largest absolute Gasteiger partial charge is 0.352 e. The van der Waals surface area contributed by atoms with Crippen molar-refractivity contribution in [3.63, 3.8) is 0 Å².